The predicted molar refractivity (Wildman–Crippen MR) is 105 cm³/mol. The standard InChI is InChI=1S/C20H27ClN4O/c1-15-13-17(21)6-7-18(15)20(26)25-9-4-5-16(14-25)19-22-8-10-24(19)12-11-23(2)3/h6-8,10,13,16H,4-5,9,11-12,14H2,1-3H3/t16-/m0/s1. The summed E-state index contributed by atoms with van der Waals surface area (Å²) in [7, 11) is 4.15. The number of aryl methyl sites for hydroxylation is 1. The van der Waals surface area contributed by atoms with Crippen LogP contribution in [0.2, 0.25) is 5.02 Å². The summed E-state index contributed by atoms with van der Waals surface area (Å²) in [5.74, 6) is 1.48. The van der Waals surface area contributed by atoms with E-state index < -0.39 is 0 Å². The molecule has 0 unspecified atom stereocenters. The molecule has 0 aliphatic carbocycles. The molecular weight excluding hydrogens is 348 g/mol. The van der Waals surface area contributed by atoms with Crippen LogP contribution in [0.1, 0.15) is 40.5 Å². The number of halogens is 1. The van der Waals surface area contributed by atoms with E-state index in [1.165, 1.54) is 0 Å². The molecule has 1 atom stereocenters. The van der Waals surface area contributed by atoms with Gasteiger partial charge in [0.1, 0.15) is 5.82 Å². The second-order valence-electron chi connectivity index (χ2n) is 7.33. The first kappa shape index (κ1) is 18.9. The molecule has 3 rings (SSSR count). The van der Waals surface area contributed by atoms with E-state index in [4.69, 9.17) is 11.6 Å². The van der Waals surface area contributed by atoms with Gasteiger partial charge in [0.15, 0.2) is 0 Å². The first-order valence-corrected chi connectivity index (χ1v) is 9.54. The second-order valence-corrected chi connectivity index (χ2v) is 7.77. The number of hydrogen-bond acceptors (Lipinski definition) is 3. The molecule has 2 aromatic rings. The van der Waals surface area contributed by atoms with Gasteiger partial charge in [0.25, 0.3) is 5.91 Å². The maximum absolute atomic E-state index is 13.0. The van der Waals surface area contributed by atoms with Gasteiger partial charge < -0.3 is 14.4 Å². The number of aromatic nitrogens is 2. The minimum atomic E-state index is 0.0928. The van der Waals surface area contributed by atoms with Gasteiger partial charge in [0.05, 0.1) is 0 Å². The van der Waals surface area contributed by atoms with Crippen molar-refractivity contribution in [2.75, 3.05) is 33.7 Å². The van der Waals surface area contributed by atoms with Crippen LogP contribution in [0.3, 0.4) is 0 Å². The van der Waals surface area contributed by atoms with Gasteiger partial charge in [0, 0.05) is 55.1 Å². The monoisotopic (exact) mass is 374 g/mol. The Labute approximate surface area is 160 Å². The molecule has 1 fully saturated rings. The Balaban J connectivity index is 1.73. The van der Waals surface area contributed by atoms with Gasteiger partial charge in [-0.15, -0.1) is 0 Å². The minimum absolute atomic E-state index is 0.0928. The zero-order chi connectivity index (χ0) is 18.7. The summed E-state index contributed by atoms with van der Waals surface area (Å²) in [5, 5.41) is 0.665. The number of nitrogens with zero attached hydrogens (tertiary/aromatic N) is 4. The van der Waals surface area contributed by atoms with Crippen molar-refractivity contribution in [1.29, 1.82) is 0 Å². The van der Waals surface area contributed by atoms with E-state index in [0.29, 0.717) is 5.02 Å². The molecular formula is C20H27ClN4O. The van der Waals surface area contributed by atoms with Gasteiger partial charge in [0.2, 0.25) is 0 Å². The summed E-state index contributed by atoms with van der Waals surface area (Å²) in [6.07, 6.45) is 5.99. The first-order chi connectivity index (χ1) is 12.5. The van der Waals surface area contributed by atoms with Crippen molar-refractivity contribution in [2.24, 2.45) is 0 Å². The highest BCUT2D eigenvalue weighted by Crippen LogP contribution is 2.27. The molecule has 140 valence electrons. The van der Waals surface area contributed by atoms with E-state index >= 15 is 0 Å². The van der Waals surface area contributed by atoms with E-state index in [2.05, 4.69) is 28.5 Å². The molecule has 1 amide bonds. The van der Waals surface area contributed by atoms with Crippen molar-refractivity contribution in [2.45, 2.75) is 32.2 Å². The summed E-state index contributed by atoms with van der Waals surface area (Å²) in [6, 6.07) is 5.48. The van der Waals surface area contributed by atoms with Crippen molar-refractivity contribution in [3.05, 3.63) is 52.6 Å². The number of amides is 1. The Hall–Kier alpha value is -1.85. The third kappa shape index (κ3) is 4.27. The van der Waals surface area contributed by atoms with Crippen LogP contribution in [0.25, 0.3) is 0 Å². The van der Waals surface area contributed by atoms with Crippen molar-refractivity contribution in [1.82, 2.24) is 19.4 Å². The third-order valence-electron chi connectivity index (χ3n) is 5.03. The van der Waals surface area contributed by atoms with Crippen LogP contribution in [0.5, 0.6) is 0 Å². The molecule has 5 nitrogen and oxygen atoms in total. The van der Waals surface area contributed by atoms with E-state index in [1.807, 2.05) is 36.4 Å². The Bertz CT molecular complexity index is 771. The Kier molecular flexibility index (Phi) is 5.99. The fraction of sp³-hybridized carbons (Fsp3) is 0.500. The number of rotatable bonds is 5. The number of likely N-dealkylation sites (tertiary alicyclic amines) is 1. The Morgan fingerprint density at radius 2 is 2.19 bits per heavy atom. The Morgan fingerprint density at radius 1 is 1.38 bits per heavy atom. The molecule has 6 heteroatoms. The predicted octanol–water partition coefficient (Wildman–Crippen LogP) is 3.43. The van der Waals surface area contributed by atoms with Gasteiger partial charge in [-0.2, -0.15) is 0 Å². The van der Waals surface area contributed by atoms with Crippen molar-refractivity contribution >= 4 is 17.5 Å². The largest absolute Gasteiger partial charge is 0.338 e. The van der Waals surface area contributed by atoms with E-state index in [1.54, 1.807) is 6.07 Å². The molecule has 0 radical (unpaired) electrons. The Morgan fingerprint density at radius 3 is 2.92 bits per heavy atom. The third-order valence-corrected chi connectivity index (χ3v) is 5.26. The molecule has 1 aliphatic rings. The molecule has 0 N–H and O–H groups in total. The smallest absolute Gasteiger partial charge is 0.254 e. The summed E-state index contributed by atoms with van der Waals surface area (Å²) in [4.78, 5) is 21.7. The summed E-state index contributed by atoms with van der Waals surface area (Å²) in [6.45, 7) is 5.36. The fourth-order valence-corrected chi connectivity index (χ4v) is 3.81. The number of imidazole rings is 1. The first-order valence-electron chi connectivity index (χ1n) is 9.17. The van der Waals surface area contributed by atoms with Crippen LogP contribution in [-0.4, -0.2) is 59.0 Å². The van der Waals surface area contributed by atoms with Crippen LogP contribution in [0.15, 0.2) is 30.6 Å². The number of piperidine rings is 1. The zero-order valence-corrected chi connectivity index (χ0v) is 16.5. The maximum Gasteiger partial charge on any atom is 0.254 e. The maximum atomic E-state index is 13.0. The van der Waals surface area contributed by atoms with Crippen molar-refractivity contribution in [3.8, 4) is 0 Å². The highest BCUT2D eigenvalue weighted by atomic mass is 35.5. The zero-order valence-electron chi connectivity index (χ0n) is 15.8. The normalized spacial score (nSPS) is 17.7. The van der Waals surface area contributed by atoms with E-state index in [9.17, 15) is 4.79 Å². The second kappa shape index (κ2) is 8.23. The molecule has 0 spiro atoms. The van der Waals surface area contributed by atoms with Gasteiger partial charge in [-0.1, -0.05) is 11.6 Å². The average Bonchev–Trinajstić information content (AvgIpc) is 3.08. The fourth-order valence-electron chi connectivity index (χ4n) is 3.59. The van der Waals surface area contributed by atoms with Crippen LogP contribution in [0, 0.1) is 6.92 Å². The summed E-state index contributed by atoms with van der Waals surface area (Å²) >= 11 is 6.03. The number of benzene rings is 1. The minimum Gasteiger partial charge on any atom is -0.338 e. The molecule has 0 saturated carbocycles. The lowest BCUT2D eigenvalue weighted by Crippen LogP contribution is -2.40. The highest BCUT2D eigenvalue weighted by molar-refractivity contribution is 6.30. The van der Waals surface area contributed by atoms with E-state index in [0.717, 1.165) is 56.0 Å². The highest BCUT2D eigenvalue weighted by Gasteiger charge is 2.28. The van der Waals surface area contributed by atoms with Gasteiger partial charge in [-0.05, 0) is 57.6 Å². The number of carbonyl (C=O) groups excluding carboxylic acids is 1. The number of likely N-dealkylation sites (N-methyl/N-ethyl adjacent to an activating group) is 1. The van der Waals surface area contributed by atoms with Gasteiger partial charge in [-0.3, -0.25) is 4.79 Å². The molecule has 0 bridgehead atoms. The molecule has 26 heavy (non-hydrogen) atoms. The van der Waals surface area contributed by atoms with Gasteiger partial charge in [-0.25, -0.2) is 4.98 Å². The lowest BCUT2D eigenvalue weighted by Gasteiger charge is -2.33. The van der Waals surface area contributed by atoms with E-state index in [-0.39, 0.29) is 11.8 Å². The number of hydrogen-bond donors (Lipinski definition) is 0. The van der Waals surface area contributed by atoms with Crippen LogP contribution >= 0.6 is 11.6 Å². The molecule has 1 aliphatic heterocycles. The topological polar surface area (TPSA) is 41.4 Å². The van der Waals surface area contributed by atoms with Crippen LogP contribution in [0.4, 0.5) is 0 Å². The number of carbonyl (C=O) groups is 1. The van der Waals surface area contributed by atoms with Crippen molar-refractivity contribution < 1.29 is 4.79 Å². The molecule has 1 aromatic carbocycles. The van der Waals surface area contributed by atoms with Crippen LogP contribution in [-0.2, 0) is 6.54 Å². The molecule has 1 saturated heterocycles. The quantitative estimate of drug-likeness (QED) is 0.805. The summed E-state index contributed by atoms with van der Waals surface area (Å²) in [5.41, 5.74) is 1.67. The SMILES string of the molecule is Cc1cc(Cl)ccc1C(=O)N1CCC[C@H](c2nccn2CCN(C)C)C1. The lowest BCUT2D eigenvalue weighted by molar-refractivity contribution is 0.0702. The molecule has 2 heterocycles. The van der Waals surface area contributed by atoms with Crippen molar-refractivity contribution in [3.63, 3.8) is 0 Å². The summed E-state index contributed by atoms with van der Waals surface area (Å²) < 4.78 is 2.23. The average molecular weight is 375 g/mol. The van der Waals surface area contributed by atoms with Crippen LogP contribution < -0.4 is 0 Å². The molecule has 1 aromatic heterocycles. The van der Waals surface area contributed by atoms with Gasteiger partial charge >= 0.3 is 0 Å². The lowest BCUT2D eigenvalue weighted by atomic mass is 9.96.